The van der Waals surface area contributed by atoms with E-state index in [1.807, 2.05) is 32.0 Å². The first-order valence-electron chi connectivity index (χ1n) is 9.00. The minimum absolute atomic E-state index is 0.00248. The van der Waals surface area contributed by atoms with Gasteiger partial charge in [-0.2, -0.15) is 0 Å². The van der Waals surface area contributed by atoms with Crippen molar-refractivity contribution >= 4 is 17.7 Å². The van der Waals surface area contributed by atoms with Crippen LogP contribution in [-0.2, 0) is 14.4 Å². The van der Waals surface area contributed by atoms with Gasteiger partial charge in [0.1, 0.15) is 5.75 Å². The standard InChI is InChI=1S/C19H27N3O4/c1-13-8-14(2)10-16(9-13)26-12-18(24)22-21-17(23)11-20-19(25)15-6-4-3-5-7-15/h8-10,15H,3-7,11-12H2,1-2H3,(H,20,25)(H,21,23)(H,22,24). The van der Waals surface area contributed by atoms with E-state index in [1.54, 1.807) is 0 Å². The van der Waals surface area contributed by atoms with Crippen molar-refractivity contribution in [1.29, 1.82) is 0 Å². The molecule has 2 rings (SSSR count). The van der Waals surface area contributed by atoms with Gasteiger partial charge in [0.15, 0.2) is 6.61 Å². The Labute approximate surface area is 153 Å². The van der Waals surface area contributed by atoms with E-state index < -0.39 is 11.8 Å². The number of carbonyl (C=O) groups excluding carboxylic acids is 3. The number of aryl methyl sites for hydroxylation is 2. The molecule has 3 amide bonds. The molecular weight excluding hydrogens is 334 g/mol. The first kappa shape index (κ1) is 19.8. The molecule has 0 radical (unpaired) electrons. The molecule has 0 saturated heterocycles. The second-order valence-corrected chi connectivity index (χ2v) is 6.76. The summed E-state index contributed by atoms with van der Waals surface area (Å²) >= 11 is 0. The van der Waals surface area contributed by atoms with Crippen molar-refractivity contribution in [2.24, 2.45) is 5.92 Å². The van der Waals surface area contributed by atoms with E-state index in [1.165, 1.54) is 6.42 Å². The third-order valence-corrected chi connectivity index (χ3v) is 4.31. The zero-order valence-electron chi connectivity index (χ0n) is 15.4. The fourth-order valence-corrected chi connectivity index (χ4v) is 3.06. The lowest BCUT2D eigenvalue weighted by molar-refractivity contribution is -0.131. The molecule has 0 heterocycles. The zero-order chi connectivity index (χ0) is 18.9. The third-order valence-electron chi connectivity index (χ3n) is 4.31. The van der Waals surface area contributed by atoms with Gasteiger partial charge in [-0.1, -0.05) is 25.3 Å². The number of ether oxygens (including phenoxy) is 1. The van der Waals surface area contributed by atoms with Crippen molar-refractivity contribution in [3.8, 4) is 5.75 Å². The smallest absolute Gasteiger partial charge is 0.276 e. The van der Waals surface area contributed by atoms with Gasteiger partial charge in [0, 0.05) is 5.92 Å². The predicted octanol–water partition coefficient (Wildman–Crippen LogP) is 1.53. The number of hydrogen-bond donors (Lipinski definition) is 3. The number of hydrogen-bond acceptors (Lipinski definition) is 4. The maximum absolute atomic E-state index is 12.0. The molecule has 3 N–H and O–H groups in total. The first-order chi connectivity index (χ1) is 12.4. The SMILES string of the molecule is Cc1cc(C)cc(OCC(=O)NNC(=O)CNC(=O)C2CCCCC2)c1. The Bertz CT molecular complexity index is 634. The number of rotatable bonds is 6. The van der Waals surface area contributed by atoms with Gasteiger partial charge < -0.3 is 10.1 Å². The summed E-state index contributed by atoms with van der Waals surface area (Å²) in [5.74, 6) is -0.449. The van der Waals surface area contributed by atoms with Crippen LogP contribution in [0.3, 0.4) is 0 Å². The lowest BCUT2D eigenvalue weighted by Gasteiger charge is -2.20. The van der Waals surface area contributed by atoms with Gasteiger partial charge in [0.2, 0.25) is 5.91 Å². The molecule has 0 spiro atoms. The highest BCUT2D eigenvalue weighted by molar-refractivity contribution is 5.87. The number of nitrogens with one attached hydrogen (secondary N) is 3. The summed E-state index contributed by atoms with van der Waals surface area (Å²) in [5, 5.41) is 2.61. The van der Waals surface area contributed by atoms with Gasteiger partial charge >= 0.3 is 0 Å². The molecule has 0 atom stereocenters. The van der Waals surface area contributed by atoms with Crippen LogP contribution in [0.15, 0.2) is 18.2 Å². The van der Waals surface area contributed by atoms with Crippen molar-refractivity contribution in [2.45, 2.75) is 46.0 Å². The van der Waals surface area contributed by atoms with Crippen LogP contribution in [0.2, 0.25) is 0 Å². The van der Waals surface area contributed by atoms with Crippen molar-refractivity contribution in [3.63, 3.8) is 0 Å². The van der Waals surface area contributed by atoms with E-state index in [-0.39, 0.29) is 25.0 Å². The van der Waals surface area contributed by atoms with Crippen LogP contribution >= 0.6 is 0 Å². The predicted molar refractivity (Wildman–Crippen MR) is 97.3 cm³/mol. The lowest BCUT2D eigenvalue weighted by Crippen LogP contribution is -2.48. The van der Waals surface area contributed by atoms with E-state index in [0.717, 1.165) is 36.8 Å². The Morgan fingerprint density at radius 1 is 0.962 bits per heavy atom. The maximum Gasteiger partial charge on any atom is 0.276 e. The molecule has 1 aliphatic rings. The largest absolute Gasteiger partial charge is 0.484 e. The molecular formula is C19H27N3O4. The van der Waals surface area contributed by atoms with E-state index in [9.17, 15) is 14.4 Å². The molecule has 7 nitrogen and oxygen atoms in total. The molecule has 0 aromatic heterocycles. The molecule has 0 unspecified atom stereocenters. The average Bonchev–Trinajstić information content (AvgIpc) is 2.62. The molecule has 1 aromatic rings. The number of amides is 3. The van der Waals surface area contributed by atoms with Gasteiger partial charge in [-0.05, 0) is 49.9 Å². The molecule has 26 heavy (non-hydrogen) atoms. The summed E-state index contributed by atoms with van der Waals surface area (Å²) in [7, 11) is 0. The third kappa shape index (κ3) is 6.74. The molecule has 0 aliphatic heterocycles. The van der Waals surface area contributed by atoms with E-state index in [2.05, 4.69) is 16.2 Å². The van der Waals surface area contributed by atoms with Crippen molar-refractivity contribution in [3.05, 3.63) is 29.3 Å². The van der Waals surface area contributed by atoms with Crippen LogP contribution in [0.25, 0.3) is 0 Å². The van der Waals surface area contributed by atoms with Crippen LogP contribution in [0.1, 0.15) is 43.2 Å². The first-order valence-corrected chi connectivity index (χ1v) is 9.00. The molecule has 0 bridgehead atoms. The summed E-state index contributed by atoms with van der Waals surface area (Å²) in [6, 6.07) is 5.67. The number of hydrazine groups is 1. The number of carbonyl (C=O) groups is 3. The lowest BCUT2D eigenvalue weighted by atomic mass is 9.89. The Morgan fingerprint density at radius 3 is 2.23 bits per heavy atom. The van der Waals surface area contributed by atoms with E-state index in [4.69, 9.17) is 4.74 Å². The van der Waals surface area contributed by atoms with Crippen LogP contribution in [-0.4, -0.2) is 30.9 Å². The van der Waals surface area contributed by atoms with Gasteiger partial charge in [-0.25, -0.2) is 0 Å². The summed E-state index contributed by atoms with van der Waals surface area (Å²) < 4.78 is 5.41. The Hall–Kier alpha value is -2.57. The summed E-state index contributed by atoms with van der Waals surface area (Å²) in [6.07, 6.45) is 5.03. The maximum atomic E-state index is 12.0. The summed E-state index contributed by atoms with van der Waals surface area (Å²) in [6.45, 7) is 3.52. The molecule has 1 saturated carbocycles. The second-order valence-electron chi connectivity index (χ2n) is 6.76. The van der Waals surface area contributed by atoms with Gasteiger partial charge in [0.25, 0.3) is 11.8 Å². The molecule has 1 aliphatic carbocycles. The van der Waals surface area contributed by atoms with Crippen LogP contribution in [0.5, 0.6) is 5.75 Å². The zero-order valence-corrected chi connectivity index (χ0v) is 15.4. The fraction of sp³-hybridized carbons (Fsp3) is 0.526. The monoisotopic (exact) mass is 361 g/mol. The average molecular weight is 361 g/mol. The summed E-state index contributed by atoms with van der Waals surface area (Å²) in [5.41, 5.74) is 6.62. The van der Waals surface area contributed by atoms with Crippen LogP contribution in [0, 0.1) is 19.8 Å². The van der Waals surface area contributed by atoms with Gasteiger partial charge in [0.05, 0.1) is 6.54 Å². The van der Waals surface area contributed by atoms with Gasteiger partial charge in [-0.3, -0.25) is 25.2 Å². The molecule has 7 heteroatoms. The van der Waals surface area contributed by atoms with Crippen molar-refractivity contribution in [2.75, 3.05) is 13.2 Å². The highest BCUT2D eigenvalue weighted by atomic mass is 16.5. The molecule has 1 aromatic carbocycles. The Kier molecular flexibility index (Phi) is 7.44. The van der Waals surface area contributed by atoms with Crippen molar-refractivity contribution in [1.82, 2.24) is 16.2 Å². The van der Waals surface area contributed by atoms with Gasteiger partial charge in [-0.15, -0.1) is 0 Å². The number of benzene rings is 1. The quantitative estimate of drug-likeness (QED) is 0.670. The normalized spacial score (nSPS) is 14.4. The fourth-order valence-electron chi connectivity index (χ4n) is 3.06. The molecule has 1 fully saturated rings. The van der Waals surface area contributed by atoms with Crippen molar-refractivity contribution < 1.29 is 19.1 Å². The highest BCUT2D eigenvalue weighted by Gasteiger charge is 2.21. The van der Waals surface area contributed by atoms with E-state index >= 15 is 0 Å². The minimum Gasteiger partial charge on any atom is -0.484 e. The molecule has 142 valence electrons. The minimum atomic E-state index is -0.478. The van der Waals surface area contributed by atoms with Crippen LogP contribution < -0.4 is 20.9 Å². The van der Waals surface area contributed by atoms with E-state index in [0.29, 0.717) is 5.75 Å². The van der Waals surface area contributed by atoms with Crippen LogP contribution in [0.4, 0.5) is 0 Å². The second kappa shape index (κ2) is 9.79. The topological polar surface area (TPSA) is 96.5 Å². The summed E-state index contributed by atoms with van der Waals surface area (Å²) in [4.78, 5) is 35.4. The highest BCUT2D eigenvalue weighted by Crippen LogP contribution is 2.23. The Balaban J connectivity index is 1.63. The Morgan fingerprint density at radius 2 is 1.58 bits per heavy atom.